The van der Waals surface area contributed by atoms with Crippen molar-refractivity contribution in [2.24, 2.45) is 0 Å². The van der Waals surface area contributed by atoms with Crippen LogP contribution in [0, 0.1) is 11.3 Å². The molecule has 0 heterocycles. The zero-order chi connectivity index (χ0) is 21.9. The van der Waals surface area contributed by atoms with Gasteiger partial charge in [-0.1, -0.05) is 34.1 Å². The third-order valence-electron chi connectivity index (χ3n) is 4.04. The molecule has 30 heavy (non-hydrogen) atoms. The minimum Gasteiger partial charge on any atom is -0.490 e. The summed E-state index contributed by atoms with van der Waals surface area (Å²) >= 11 is 3.43. The van der Waals surface area contributed by atoms with Crippen molar-refractivity contribution < 1.29 is 19.0 Å². The average Bonchev–Trinajstić information content (AvgIpc) is 2.73. The highest BCUT2D eigenvalue weighted by molar-refractivity contribution is 9.10. The molecule has 0 bridgehead atoms. The number of rotatable bonds is 10. The fourth-order valence-corrected chi connectivity index (χ4v) is 3.01. The van der Waals surface area contributed by atoms with Gasteiger partial charge in [0.1, 0.15) is 18.2 Å². The van der Waals surface area contributed by atoms with Crippen LogP contribution in [0.25, 0.3) is 6.08 Å². The molecule has 0 aliphatic rings. The van der Waals surface area contributed by atoms with Gasteiger partial charge in [-0.2, -0.15) is 5.26 Å². The van der Waals surface area contributed by atoms with Gasteiger partial charge in [0.05, 0.1) is 13.2 Å². The average molecular weight is 470 g/mol. The van der Waals surface area contributed by atoms with Gasteiger partial charge in [0, 0.05) is 10.0 Å². The van der Waals surface area contributed by atoms with Crippen LogP contribution in [-0.4, -0.2) is 19.2 Å². The van der Waals surface area contributed by atoms with Crippen LogP contribution < -0.4 is 9.47 Å². The highest BCUT2D eigenvalue weighted by atomic mass is 79.9. The SMILES string of the molecule is C=CCc1cc(/C=C(\C#N)C(=O)OCC)cc(OCC)c1OCc1ccc(Br)cc1. The molecule has 0 spiro atoms. The second-order valence-electron chi connectivity index (χ2n) is 6.24. The number of nitrogens with zero attached hydrogens (tertiary/aromatic N) is 1. The first-order valence-corrected chi connectivity index (χ1v) is 10.4. The van der Waals surface area contributed by atoms with E-state index in [4.69, 9.17) is 14.2 Å². The summed E-state index contributed by atoms with van der Waals surface area (Å²) in [6.07, 6.45) is 3.80. The topological polar surface area (TPSA) is 68.6 Å². The lowest BCUT2D eigenvalue weighted by Gasteiger charge is -2.17. The second kappa shape index (κ2) is 11.8. The molecule has 2 aromatic rings. The molecule has 0 N–H and O–H groups in total. The molecular formula is C24H24BrNO4. The van der Waals surface area contributed by atoms with Gasteiger partial charge in [-0.15, -0.1) is 6.58 Å². The zero-order valence-corrected chi connectivity index (χ0v) is 18.7. The van der Waals surface area contributed by atoms with Crippen molar-refractivity contribution >= 4 is 28.0 Å². The van der Waals surface area contributed by atoms with Gasteiger partial charge in [0.25, 0.3) is 0 Å². The van der Waals surface area contributed by atoms with Crippen molar-refractivity contribution in [2.75, 3.05) is 13.2 Å². The van der Waals surface area contributed by atoms with Gasteiger partial charge in [0.2, 0.25) is 0 Å². The highest BCUT2D eigenvalue weighted by Gasteiger charge is 2.15. The number of esters is 1. The smallest absolute Gasteiger partial charge is 0.348 e. The zero-order valence-electron chi connectivity index (χ0n) is 17.1. The van der Waals surface area contributed by atoms with Crippen LogP contribution in [0.4, 0.5) is 0 Å². The lowest BCUT2D eigenvalue weighted by Crippen LogP contribution is -2.06. The molecule has 0 aromatic heterocycles. The van der Waals surface area contributed by atoms with Gasteiger partial charge in [-0.3, -0.25) is 0 Å². The summed E-state index contributed by atoms with van der Waals surface area (Å²) in [4.78, 5) is 12.0. The third-order valence-corrected chi connectivity index (χ3v) is 4.57. The van der Waals surface area contributed by atoms with Crippen LogP contribution in [0.15, 0.2) is 59.1 Å². The number of ether oxygens (including phenoxy) is 3. The van der Waals surface area contributed by atoms with E-state index in [9.17, 15) is 10.1 Å². The van der Waals surface area contributed by atoms with E-state index in [1.54, 1.807) is 19.1 Å². The van der Waals surface area contributed by atoms with E-state index in [1.165, 1.54) is 6.08 Å². The summed E-state index contributed by atoms with van der Waals surface area (Å²) in [6, 6.07) is 13.4. The molecule has 2 aromatic carbocycles. The Hall–Kier alpha value is -3.04. The number of carbonyl (C=O) groups excluding carboxylic acids is 1. The van der Waals surface area contributed by atoms with E-state index in [-0.39, 0.29) is 12.2 Å². The minimum absolute atomic E-state index is 0.0765. The molecule has 0 radical (unpaired) electrons. The van der Waals surface area contributed by atoms with Gasteiger partial charge in [-0.25, -0.2) is 4.79 Å². The predicted molar refractivity (Wildman–Crippen MR) is 120 cm³/mol. The number of nitriles is 1. The van der Waals surface area contributed by atoms with Gasteiger partial charge in [0.15, 0.2) is 11.5 Å². The molecule has 0 aliphatic heterocycles. The molecule has 0 amide bonds. The molecule has 0 saturated heterocycles. The monoisotopic (exact) mass is 469 g/mol. The maximum Gasteiger partial charge on any atom is 0.348 e. The lowest BCUT2D eigenvalue weighted by molar-refractivity contribution is -0.137. The van der Waals surface area contributed by atoms with E-state index >= 15 is 0 Å². The van der Waals surface area contributed by atoms with Gasteiger partial charge >= 0.3 is 5.97 Å². The van der Waals surface area contributed by atoms with Crippen molar-refractivity contribution in [3.05, 3.63) is 75.8 Å². The Balaban J connectivity index is 2.43. The molecule has 6 heteroatoms. The second-order valence-corrected chi connectivity index (χ2v) is 7.15. The Labute approximate surface area is 185 Å². The maximum absolute atomic E-state index is 12.0. The van der Waals surface area contributed by atoms with E-state index in [0.717, 1.165) is 15.6 Å². The fourth-order valence-electron chi connectivity index (χ4n) is 2.75. The van der Waals surface area contributed by atoms with E-state index < -0.39 is 5.97 Å². The lowest BCUT2D eigenvalue weighted by atomic mass is 10.0. The number of hydrogen-bond acceptors (Lipinski definition) is 5. The summed E-state index contributed by atoms with van der Waals surface area (Å²) in [5.41, 5.74) is 2.44. The Morgan fingerprint density at radius 3 is 2.50 bits per heavy atom. The van der Waals surface area contributed by atoms with E-state index in [1.807, 2.05) is 43.3 Å². The van der Waals surface area contributed by atoms with Crippen LogP contribution >= 0.6 is 15.9 Å². The Morgan fingerprint density at radius 1 is 1.17 bits per heavy atom. The Bertz CT molecular complexity index is 958. The van der Waals surface area contributed by atoms with Crippen molar-refractivity contribution in [1.29, 1.82) is 5.26 Å². The Kier molecular flexibility index (Phi) is 9.17. The largest absolute Gasteiger partial charge is 0.490 e. The number of carbonyl (C=O) groups is 1. The third kappa shape index (κ3) is 6.50. The van der Waals surface area contributed by atoms with Crippen molar-refractivity contribution in [1.82, 2.24) is 0 Å². The Morgan fingerprint density at radius 2 is 1.90 bits per heavy atom. The van der Waals surface area contributed by atoms with Crippen LogP contribution in [0.5, 0.6) is 11.5 Å². The van der Waals surface area contributed by atoms with Gasteiger partial charge < -0.3 is 14.2 Å². The molecule has 0 saturated carbocycles. The first-order chi connectivity index (χ1) is 14.5. The first-order valence-electron chi connectivity index (χ1n) is 9.59. The maximum atomic E-state index is 12.0. The molecule has 156 valence electrons. The number of allylic oxidation sites excluding steroid dienone is 1. The van der Waals surface area contributed by atoms with Crippen LogP contribution in [0.2, 0.25) is 0 Å². The van der Waals surface area contributed by atoms with Crippen LogP contribution in [0.1, 0.15) is 30.5 Å². The number of halogens is 1. The predicted octanol–water partition coefficient (Wildman–Crippen LogP) is 5.63. The van der Waals surface area contributed by atoms with Crippen molar-refractivity contribution in [2.45, 2.75) is 26.9 Å². The highest BCUT2D eigenvalue weighted by Crippen LogP contribution is 2.35. The fraction of sp³-hybridized carbons (Fsp3) is 0.250. The van der Waals surface area contributed by atoms with E-state index in [0.29, 0.717) is 36.7 Å². The molecule has 0 unspecified atom stereocenters. The number of benzene rings is 2. The van der Waals surface area contributed by atoms with Gasteiger partial charge in [-0.05, 0) is 61.7 Å². The summed E-state index contributed by atoms with van der Waals surface area (Å²) in [5.74, 6) is 0.506. The molecule has 2 rings (SSSR count). The molecule has 0 fully saturated rings. The van der Waals surface area contributed by atoms with Crippen molar-refractivity contribution in [3.63, 3.8) is 0 Å². The molecular weight excluding hydrogens is 446 g/mol. The minimum atomic E-state index is -0.654. The van der Waals surface area contributed by atoms with Crippen LogP contribution in [-0.2, 0) is 22.6 Å². The number of hydrogen-bond donors (Lipinski definition) is 0. The quantitative estimate of drug-likeness (QED) is 0.195. The van der Waals surface area contributed by atoms with Crippen LogP contribution in [0.3, 0.4) is 0 Å². The van der Waals surface area contributed by atoms with Crippen molar-refractivity contribution in [3.8, 4) is 17.6 Å². The summed E-state index contributed by atoms with van der Waals surface area (Å²) in [6.45, 7) is 8.41. The molecule has 0 aliphatic carbocycles. The molecule has 0 atom stereocenters. The summed E-state index contributed by atoms with van der Waals surface area (Å²) in [7, 11) is 0. The standard InChI is InChI=1S/C24H24BrNO4/c1-4-7-19-12-18(13-20(15-26)24(27)29-6-3)14-22(28-5-2)23(19)30-16-17-8-10-21(25)11-9-17/h4,8-14H,1,5-7,16H2,2-3H3/b20-13+. The summed E-state index contributed by atoms with van der Waals surface area (Å²) in [5, 5.41) is 9.32. The normalized spacial score (nSPS) is 10.8. The van der Waals surface area contributed by atoms with E-state index in [2.05, 4.69) is 22.5 Å². The summed E-state index contributed by atoms with van der Waals surface area (Å²) < 4.78 is 17.8. The molecule has 5 nitrogen and oxygen atoms in total. The first kappa shape index (κ1) is 23.2.